The second kappa shape index (κ2) is 4.22. The Kier molecular flexibility index (Phi) is 2.92. The van der Waals surface area contributed by atoms with Crippen LogP contribution >= 0.6 is 0 Å². The summed E-state index contributed by atoms with van der Waals surface area (Å²) in [5.74, 6) is -0.0654. The third-order valence-corrected chi connectivity index (χ3v) is 2.71. The first-order valence-electron chi connectivity index (χ1n) is 5.37. The summed E-state index contributed by atoms with van der Waals surface area (Å²) in [5, 5.41) is 2.91. The quantitative estimate of drug-likeness (QED) is 0.831. The number of nitrogens with one attached hydrogen (secondary N) is 1. The molecule has 1 aliphatic rings. The van der Waals surface area contributed by atoms with Gasteiger partial charge in [0.15, 0.2) is 0 Å². The van der Waals surface area contributed by atoms with E-state index >= 15 is 0 Å². The van der Waals surface area contributed by atoms with E-state index in [0.29, 0.717) is 12.1 Å². The number of aromatic nitrogens is 1. The van der Waals surface area contributed by atoms with E-state index in [1.54, 1.807) is 12.4 Å². The molecule has 0 bridgehead atoms. The number of nitrogens with zero attached hydrogens (tertiary/aromatic N) is 1. The van der Waals surface area contributed by atoms with Crippen molar-refractivity contribution < 1.29 is 9.53 Å². The van der Waals surface area contributed by atoms with Crippen molar-refractivity contribution in [1.82, 2.24) is 10.3 Å². The molecule has 1 aromatic rings. The third kappa shape index (κ3) is 2.39. The largest absolute Gasteiger partial charge is 0.380 e. The molecule has 2 heterocycles. The molecule has 1 aliphatic heterocycles. The fourth-order valence-electron chi connectivity index (χ4n) is 1.63. The predicted octanol–water partition coefficient (Wildman–Crippen LogP) is 1.16. The molecular formula is C12H16N2O2. The normalized spacial score (nSPS) is 17.6. The monoisotopic (exact) mass is 220 g/mol. The van der Waals surface area contributed by atoms with Gasteiger partial charge in [0.1, 0.15) is 0 Å². The highest BCUT2D eigenvalue weighted by atomic mass is 16.5. The first kappa shape index (κ1) is 11.1. The topological polar surface area (TPSA) is 51.2 Å². The van der Waals surface area contributed by atoms with Crippen molar-refractivity contribution >= 4 is 5.91 Å². The predicted molar refractivity (Wildman–Crippen MR) is 60.2 cm³/mol. The maximum atomic E-state index is 11.8. The SMILES string of the molecule is Cc1cncc(C(=O)NCC2(C)COC2)c1. The van der Waals surface area contributed by atoms with Gasteiger partial charge in [-0.1, -0.05) is 6.92 Å². The first-order valence-corrected chi connectivity index (χ1v) is 5.37. The molecule has 0 aliphatic carbocycles. The molecule has 1 saturated heterocycles. The summed E-state index contributed by atoms with van der Waals surface area (Å²) in [6.07, 6.45) is 3.32. The van der Waals surface area contributed by atoms with E-state index in [2.05, 4.69) is 17.2 Å². The molecule has 1 amide bonds. The first-order chi connectivity index (χ1) is 7.59. The molecular weight excluding hydrogens is 204 g/mol. The second-order valence-electron chi connectivity index (χ2n) is 4.74. The van der Waals surface area contributed by atoms with Crippen molar-refractivity contribution in [2.24, 2.45) is 5.41 Å². The van der Waals surface area contributed by atoms with Gasteiger partial charge in [0.2, 0.25) is 0 Å². The lowest BCUT2D eigenvalue weighted by atomic mass is 9.89. The molecule has 1 fully saturated rings. The van der Waals surface area contributed by atoms with E-state index in [-0.39, 0.29) is 11.3 Å². The molecule has 0 saturated carbocycles. The summed E-state index contributed by atoms with van der Waals surface area (Å²) >= 11 is 0. The van der Waals surface area contributed by atoms with E-state index < -0.39 is 0 Å². The zero-order valence-corrected chi connectivity index (χ0v) is 9.62. The van der Waals surface area contributed by atoms with Crippen LogP contribution in [-0.2, 0) is 4.74 Å². The van der Waals surface area contributed by atoms with Crippen LogP contribution in [0.1, 0.15) is 22.8 Å². The minimum atomic E-state index is -0.0654. The lowest BCUT2D eigenvalue weighted by Gasteiger charge is -2.38. The molecule has 0 atom stereocenters. The molecule has 4 heteroatoms. The minimum Gasteiger partial charge on any atom is -0.380 e. The maximum absolute atomic E-state index is 11.8. The van der Waals surface area contributed by atoms with E-state index in [1.165, 1.54) is 0 Å². The summed E-state index contributed by atoms with van der Waals surface area (Å²) in [6.45, 7) is 6.12. The summed E-state index contributed by atoms with van der Waals surface area (Å²) in [6, 6.07) is 1.84. The van der Waals surface area contributed by atoms with Crippen molar-refractivity contribution in [1.29, 1.82) is 0 Å². The minimum absolute atomic E-state index is 0.0654. The number of rotatable bonds is 3. The van der Waals surface area contributed by atoms with Crippen LogP contribution in [0.2, 0.25) is 0 Å². The van der Waals surface area contributed by atoms with Crippen molar-refractivity contribution in [3.8, 4) is 0 Å². The Morgan fingerprint density at radius 3 is 2.88 bits per heavy atom. The van der Waals surface area contributed by atoms with Gasteiger partial charge in [-0.3, -0.25) is 9.78 Å². The number of ether oxygens (including phenoxy) is 1. The molecule has 86 valence electrons. The summed E-state index contributed by atoms with van der Waals surface area (Å²) in [4.78, 5) is 15.8. The maximum Gasteiger partial charge on any atom is 0.252 e. The summed E-state index contributed by atoms with van der Waals surface area (Å²) in [7, 11) is 0. The van der Waals surface area contributed by atoms with Gasteiger partial charge in [-0.05, 0) is 18.6 Å². The van der Waals surface area contributed by atoms with Gasteiger partial charge in [0, 0.05) is 24.4 Å². The highest BCUT2D eigenvalue weighted by molar-refractivity contribution is 5.94. The summed E-state index contributed by atoms with van der Waals surface area (Å²) in [5.41, 5.74) is 1.71. The smallest absolute Gasteiger partial charge is 0.252 e. The van der Waals surface area contributed by atoms with Crippen LogP contribution in [0.25, 0.3) is 0 Å². The van der Waals surface area contributed by atoms with Crippen molar-refractivity contribution in [3.05, 3.63) is 29.6 Å². The van der Waals surface area contributed by atoms with Crippen molar-refractivity contribution in [3.63, 3.8) is 0 Å². The number of hydrogen-bond acceptors (Lipinski definition) is 3. The molecule has 0 aromatic carbocycles. The lowest BCUT2D eigenvalue weighted by Crippen LogP contribution is -2.48. The Morgan fingerprint density at radius 2 is 2.31 bits per heavy atom. The van der Waals surface area contributed by atoms with Gasteiger partial charge in [-0.2, -0.15) is 0 Å². The Morgan fingerprint density at radius 1 is 1.56 bits per heavy atom. The van der Waals surface area contributed by atoms with Crippen LogP contribution in [-0.4, -0.2) is 30.6 Å². The molecule has 16 heavy (non-hydrogen) atoms. The molecule has 0 spiro atoms. The Labute approximate surface area is 95.0 Å². The van der Waals surface area contributed by atoms with Crippen LogP contribution in [0.3, 0.4) is 0 Å². The van der Waals surface area contributed by atoms with Gasteiger partial charge in [-0.15, -0.1) is 0 Å². The molecule has 2 rings (SSSR count). The second-order valence-corrected chi connectivity index (χ2v) is 4.74. The fourth-order valence-corrected chi connectivity index (χ4v) is 1.63. The number of pyridine rings is 1. The lowest BCUT2D eigenvalue weighted by molar-refractivity contribution is -0.0978. The van der Waals surface area contributed by atoms with Crippen molar-refractivity contribution in [2.75, 3.05) is 19.8 Å². The van der Waals surface area contributed by atoms with E-state index in [0.717, 1.165) is 18.8 Å². The van der Waals surface area contributed by atoms with Crippen LogP contribution in [0, 0.1) is 12.3 Å². The van der Waals surface area contributed by atoms with Gasteiger partial charge < -0.3 is 10.1 Å². The molecule has 4 nitrogen and oxygen atoms in total. The van der Waals surface area contributed by atoms with Crippen LogP contribution in [0.15, 0.2) is 18.5 Å². The molecule has 0 unspecified atom stereocenters. The van der Waals surface area contributed by atoms with Gasteiger partial charge in [-0.25, -0.2) is 0 Å². The van der Waals surface area contributed by atoms with Crippen LogP contribution in [0.4, 0.5) is 0 Å². The number of hydrogen-bond donors (Lipinski definition) is 1. The van der Waals surface area contributed by atoms with Gasteiger partial charge in [0.05, 0.1) is 18.8 Å². The number of carbonyl (C=O) groups is 1. The van der Waals surface area contributed by atoms with Crippen molar-refractivity contribution in [2.45, 2.75) is 13.8 Å². The molecule has 0 radical (unpaired) electrons. The van der Waals surface area contributed by atoms with Gasteiger partial charge >= 0.3 is 0 Å². The highest BCUT2D eigenvalue weighted by Crippen LogP contribution is 2.25. The zero-order valence-electron chi connectivity index (χ0n) is 9.62. The van der Waals surface area contributed by atoms with Crippen LogP contribution < -0.4 is 5.32 Å². The molecule has 1 N–H and O–H groups in total. The highest BCUT2D eigenvalue weighted by Gasteiger charge is 2.33. The Bertz CT molecular complexity index is 400. The Balaban J connectivity index is 1.93. The average molecular weight is 220 g/mol. The fraction of sp³-hybridized carbons (Fsp3) is 0.500. The number of amides is 1. The van der Waals surface area contributed by atoms with E-state index in [1.807, 2.05) is 13.0 Å². The van der Waals surface area contributed by atoms with Crippen LogP contribution in [0.5, 0.6) is 0 Å². The molecule has 1 aromatic heterocycles. The van der Waals surface area contributed by atoms with E-state index in [9.17, 15) is 4.79 Å². The number of aryl methyl sites for hydroxylation is 1. The zero-order chi connectivity index (χ0) is 11.6. The van der Waals surface area contributed by atoms with E-state index in [4.69, 9.17) is 4.74 Å². The van der Waals surface area contributed by atoms with Gasteiger partial charge in [0.25, 0.3) is 5.91 Å². The average Bonchev–Trinajstić information content (AvgIpc) is 2.23. The standard InChI is InChI=1S/C12H16N2O2/c1-9-3-10(5-13-4-9)11(15)14-6-12(2)7-16-8-12/h3-5H,6-8H2,1-2H3,(H,14,15). The number of carbonyl (C=O) groups excluding carboxylic acids is 1. The third-order valence-electron chi connectivity index (χ3n) is 2.71. The summed E-state index contributed by atoms with van der Waals surface area (Å²) < 4.78 is 5.13. The Hall–Kier alpha value is -1.42.